The van der Waals surface area contributed by atoms with Gasteiger partial charge >= 0.3 is 0 Å². The van der Waals surface area contributed by atoms with Crippen LogP contribution in [0, 0.1) is 5.82 Å². The Morgan fingerprint density at radius 2 is 1.86 bits per heavy atom. The summed E-state index contributed by atoms with van der Waals surface area (Å²) in [6.45, 7) is 1.55. The first-order valence-electron chi connectivity index (χ1n) is 8.23. The molecular formula is C18H16FN3O4S2. The highest BCUT2D eigenvalue weighted by molar-refractivity contribution is 7.99. The number of carbonyl (C=O) groups is 1. The molecule has 10 heteroatoms. The van der Waals surface area contributed by atoms with Gasteiger partial charge in [-0.05, 0) is 43.3 Å². The molecule has 0 atom stereocenters. The van der Waals surface area contributed by atoms with Gasteiger partial charge in [-0.15, -0.1) is 10.2 Å². The lowest BCUT2D eigenvalue weighted by atomic mass is 10.1. The summed E-state index contributed by atoms with van der Waals surface area (Å²) in [7, 11) is -3.35. The van der Waals surface area contributed by atoms with Crippen LogP contribution in [-0.2, 0) is 10.0 Å². The van der Waals surface area contributed by atoms with Gasteiger partial charge in [-0.3, -0.25) is 9.52 Å². The minimum atomic E-state index is -3.35. The Bertz CT molecular complexity index is 1080. The normalized spacial score (nSPS) is 11.4. The average molecular weight is 421 g/mol. The fourth-order valence-corrected chi connectivity index (χ4v) is 3.50. The zero-order valence-corrected chi connectivity index (χ0v) is 16.4. The van der Waals surface area contributed by atoms with Crippen molar-refractivity contribution in [1.29, 1.82) is 0 Å². The van der Waals surface area contributed by atoms with E-state index in [0.29, 0.717) is 11.3 Å². The predicted octanol–water partition coefficient (Wildman–Crippen LogP) is 3.61. The number of hydrogen-bond acceptors (Lipinski definition) is 7. The SMILES string of the molecule is CCS(=O)(=O)Nc1ccc(-c2nnc(SCC(=O)c3ccccc3F)o2)cc1. The number of thioether (sulfide) groups is 1. The molecule has 0 fully saturated rings. The van der Waals surface area contributed by atoms with E-state index in [4.69, 9.17) is 4.42 Å². The van der Waals surface area contributed by atoms with Crippen LogP contribution in [-0.4, -0.2) is 35.9 Å². The fourth-order valence-electron chi connectivity index (χ4n) is 2.21. The van der Waals surface area contributed by atoms with Crippen molar-refractivity contribution in [3.8, 4) is 11.5 Å². The molecule has 1 aromatic heterocycles. The molecule has 0 aliphatic rings. The number of ketones is 1. The van der Waals surface area contributed by atoms with Crippen LogP contribution in [0.25, 0.3) is 11.5 Å². The molecule has 0 amide bonds. The number of hydrogen-bond donors (Lipinski definition) is 1. The molecule has 0 bridgehead atoms. The molecule has 28 heavy (non-hydrogen) atoms. The van der Waals surface area contributed by atoms with E-state index in [1.54, 1.807) is 37.3 Å². The molecule has 1 N–H and O–H groups in total. The highest BCUT2D eigenvalue weighted by Crippen LogP contribution is 2.25. The van der Waals surface area contributed by atoms with Crippen molar-refractivity contribution in [2.45, 2.75) is 12.1 Å². The summed E-state index contributed by atoms with van der Waals surface area (Å²) in [5.41, 5.74) is 1.04. The minimum absolute atomic E-state index is 0.0138. The van der Waals surface area contributed by atoms with Gasteiger partial charge in [-0.2, -0.15) is 0 Å². The first-order chi connectivity index (χ1) is 13.4. The maximum Gasteiger partial charge on any atom is 0.277 e. The molecule has 0 saturated carbocycles. The number of halogens is 1. The Balaban J connectivity index is 1.64. The van der Waals surface area contributed by atoms with E-state index in [-0.39, 0.29) is 34.0 Å². The summed E-state index contributed by atoms with van der Waals surface area (Å²) in [4.78, 5) is 12.1. The summed E-state index contributed by atoms with van der Waals surface area (Å²) in [6, 6.07) is 12.2. The van der Waals surface area contributed by atoms with Crippen molar-refractivity contribution in [3.05, 3.63) is 59.9 Å². The number of nitrogens with zero attached hydrogens (tertiary/aromatic N) is 2. The fraction of sp³-hybridized carbons (Fsp3) is 0.167. The zero-order chi connectivity index (χ0) is 20.1. The van der Waals surface area contributed by atoms with Crippen molar-refractivity contribution in [2.24, 2.45) is 0 Å². The van der Waals surface area contributed by atoms with E-state index in [9.17, 15) is 17.6 Å². The number of carbonyl (C=O) groups excluding carboxylic acids is 1. The molecule has 3 aromatic rings. The van der Waals surface area contributed by atoms with Crippen LogP contribution < -0.4 is 4.72 Å². The number of Topliss-reactive ketones (excluding diaryl/α,β-unsaturated/α-hetero) is 1. The topological polar surface area (TPSA) is 102 Å². The summed E-state index contributed by atoms with van der Waals surface area (Å²) in [5, 5.41) is 7.95. The lowest BCUT2D eigenvalue weighted by molar-refractivity contribution is 0.101. The van der Waals surface area contributed by atoms with E-state index in [1.165, 1.54) is 18.2 Å². The molecule has 0 saturated heterocycles. The van der Waals surface area contributed by atoms with Crippen LogP contribution in [0.4, 0.5) is 10.1 Å². The average Bonchev–Trinajstić information content (AvgIpc) is 3.16. The predicted molar refractivity (Wildman–Crippen MR) is 104 cm³/mol. The van der Waals surface area contributed by atoms with Crippen LogP contribution >= 0.6 is 11.8 Å². The van der Waals surface area contributed by atoms with Crippen molar-refractivity contribution >= 4 is 33.3 Å². The largest absolute Gasteiger partial charge is 0.411 e. The lowest BCUT2D eigenvalue weighted by Gasteiger charge is -2.05. The molecule has 0 aliphatic carbocycles. The van der Waals surface area contributed by atoms with Crippen LogP contribution in [0.15, 0.2) is 58.2 Å². The Morgan fingerprint density at radius 3 is 2.54 bits per heavy atom. The van der Waals surface area contributed by atoms with Crippen LogP contribution in [0.2, 0.25) is 0 Å². The first kappa shape index (κ1) is 20.0. The molecular weight excluding hydrogens is 405 g/mol. The second kappa shape index (κ2) is 8.53. The molecule has 0 radical (unpaired) electrons. The second-order valence-corrected chi connectivity index (χ2v) is 8.59. The van der Waals surface area contributed by atoms with E-state index in [2.05, 4.69) is 14.9 Å². The Kier molecular flexibility index (Phi) is 6.10. The van der Waals surface area contributed by atoms with Gasteiger partial charge in [-0.25, -0.2) is 12.8 Å². The quantitative estimate of drug-likeness (QED) is 0.438. The smallest absolute Gasteiger partial charge is 0.277 e. The van der Waals surface area contributed by atoms with E-state index in [1.807, 2.05) is 0 Å². The standard InChI is InChI=1S/C18H16FN3O4S2/c1-2-28(24,25)22-13-9-7-12(8-10-13)17-20-21-18(26-17)27-11-16(23)14-5-3-4-6-15(14)19/h3-10,22H,2,11H2,1H3. The third-order valence-electron chi connectivity index (χ3n) is 3.69. The van der Waals surface area contributed by atoms with Gasteiger partial charge in [0.2, 0.25) is 15.9 Å². The monoisotopic (exact) mass is 421 g/mol. The number of rotatable bonds is 8. The molecule has 1 heterocycles. The molecule has 2 aromatic carbocycles. The van der Waals surface area contributed by atoms with E-state index in [0.717, 1.165) is 11.8 Å². The molecule has 0 aliphatic heterocycles. The van der Waals surface area contributed by atoms with Gasteiger partial charge in [0.1, 0.15) is 5.82 Å². The number of benzene rings is 2. The maximum absolute atomic E-state index is 13.6. The molecule has 146 valence electrons. The lowest BCUT2D eigenvalue weighted by Crippen LogP contribution is -2.14. The van der Waals surface area contributed by atoms with Gasteiger partial charge < -0.3 is 4.42 Å². The third kappa shape index (κ3) is 4.96. The Hall–Kier alpha value is -2.72. The number of nitrogens with one attached hydrogen (secondary N) is 1. The maximum atomic E-state index is 13.6. The van der Waals surface area contributed by atoms with Crippen molar-refractivity contribution in [1.82, 2.24) is 10.2 Å². The summed E-state index contributed by atoms with van der Waals surface area (Å²) < 4.78 is 44.7. The summed E-state index contributed by atoms with van der Waals surface area (Å²) >= 11 is 1.01. The first-order valence-corrected chi connectivity index (χ1v) is 10.9. The number of aromatic nitrogens is 2. The molecule has 0 spiro atoms. The van der Waals surface area contributed by atoms with Crippen molar-refractivity contribution in [3.63, 3.8) is 0 Å². The Morgan fingerprint density at radius 1 is 1.14 bits per heavy atom. The zero-order valence-electron chi connectivity index (χ0n) is 14.8. The van der Waals surface area contributed by atoms with E-state index < -0.39 is 15.8 Å². The Labute approximate surface area is 165 Å². The van der Waals surface area contributed by atoms with E-state index >= 15 is 0 Å². The van der Waals surface area contributed by atoms with Gasteiger partial charge in [0.15, 0.2) is 5.78 Å². The van der Waals surface area contributed by atoms with Crippen molar-refractivity contribution in [2.75, 3.05) is 16.2 Å². The second-order valence-electron chi connectivity index (χ2n) is 5.65. The van der Waals surface area contributed by atoms with Crippen molar-refractivity contribution < 1.29 is 22.0 Å². The highest BCUT2D eigenvalue weighted by Gasteiger charge is 2.15. The van der Waals surface area contributed by atoms with Crippen LogP contribution in [0.5, 0.6) is 0 Å². The molecule has 0 unspecified atom stereocenters. The molecule has 3 rings (SSSR count). The highest BCUT2D eigenvalue weighted by atomic mass is 32.2. The molecule has 7 nitrogen and oxygen atoms in total. The summed E-state index contributed by atoms with van der Waals surface area (Å²) in [5.74, 6) is -0.787. The number of sulfonamides is 1. The van der Waals surface area contributed by atoms with Gasteiger partial charge in [0, 0.05) is 11.3 Å². The van der Waals surface area contributed by atoms with Gasteiger partial charge in [0.05, 0.1) is 17.1 Å². The summed E-state index contributed by atoms with van der Waals surface area (Å²) in [6.07, 6.45) is 0. The minimum Gasteiger partial charge on any atom is -0.411 e. The van der Waals surface area contributed by atoms with Crippen LogP contribution in [0.1, 0.15) is 17.3 Å². The van der Waals surface area contributed by atoms with Gasteiger partial charge in [-0.1, -0.05) is 23.9 Å². The third-order valence-corrected chi connectivity index (χ3v) is 5.82. The number of anilines is 1. The van der Waals surface area contributed by atoms with Gasteiger partial charge in [0.25, 0.3) is 5.22 Å². The van der Waals surface area contributed by atoms with Crippen LogP contribution in [0.3, 0.4) is 0 Å².